The van der Waals surface area contributed by atoms with E-state index in [4.69, 9.17) is 5.11 Å². The van der Waals surface area contributed by atoms with Gasteiger partial charge in [0.1, 0.15) is 5.82 Å². The number of amides is 2. The molecule has 2 atom stereocenters. The predicted molar refractivity (Wildman–Crippen MR) is 77.4 cm³/mol. The molecule has 21 heavy (non-hydrogen) atoms. The fraction of sp³-hybridized carbons (Fsp3) is 0.467. The van der Waals surface area contributed by atoms with Gasteiger partial charge in [0.2, 0.25) is 0 Å². The number of carbonyl (C=O) groups excluding carboxylic acids is 1. The van der Waals surface area contributed by atoms with Gasteiger partial charge < -0.3 is 15.3 Å². The molecule has 2 N–H and O–H groups in total. The van der Waals surface area contributed by atoms with Crippen LogP contribution in [0.5, 0.6) is 0 Å². The lowest BCUT2D eigenvalue weighted by molar-refractivity contribution is -0.138. The molecule has 0 aromatic heterocycles. The van der Waals surface area contributed by atoms with Gasteiger partial charge in [-0.2, -0.15) is 0 Å². The third kappa shape index (κ3) is 5.06. The molecule has 2 unspecified atom stereocenters. The van der Waals surface area contributed by atoms with Gasteiger partial charge in [-0.05, 0) is 38.5 Å². The number of carboxylic acid groups (broad SMARTS) is 1. The summed E-state index contributed by atoms with van der Waals surface area (Å²) in [5, 5.41) is 11.6. The monoisotopic (exact) mass is 296 g/mol. The average molecular weight is 296 g/mol. The minimum absolute atomic E-state index is 0.115. The van der Waals surface area contributed by atoms with E-state index < -0.39 is 12.0 Å². The summed E-state index contributed by atoms with van der Waals surface area (Å²) in [7, 11) is 0. The maximum atomic E-state index is 13.2. The van der Waals surface area contributed by atoms with Gasteiger partial charge in [0.15, 0.2) is 0 Å². The van der Waals surface area contributed by atoms with Crippen molar-refractivity contribution in [3.63, 3.8) is 0 Å². The maximum absolute atomic E-state index is 13.2. The van der Waals surface area contributed by atoms with E-state index >= 15 is 0 Å². The van der Waals surface area contributed by atoms with Crippen molar-refractivity contribution < 1.29 is 19.1 Å². The quantitative estimate of drug-likeness (QED) is 0.848. The van der Waals surface area contributed by atoms with Gasteiger partial charge >= 0.3 is 12.0 Å². The molecule has 0 heterocycles. The number of urea groups is 1. The van der Waals surface area contributed by atoms with Gasteiger partial charge in [0, 0.05) is 12.6 Å². The summed E-state index contributed by atoms with van der Waals surface area (Å²) in [4.78, 5) is 24.4. The number of carbonyl (C=O) groups is 2. The highest BCUT2D eigenvalue weighted by Gasteiger charge is 2.22. The van der Waals surface area contributed by atoms with Crippen molar-refractivity contribution in [2.45, 2.75) is 39.3 Å². The number of nitrogens with zero attached hydrogens (tertiary/aromatic N) is 1. The zero-order valence-corrected chi connectivity index (χ0v) is 12.5. The number of hydrogen-bond donors (Lipinski definition) is 2. The molecule has 0 saturated carbocycles. The molecule has 0 aliphatic heterocycles. The summed E-state index contributed by atoms with van der Waals surface area (Å²) >= 11 is 0. The zero-order valence-electron chi connectivity index (χ0n) is 12.5. The van der Waals surface area contributed by atoms with E-state index in [-0.39, 0.29) is 24.3 Å². The molecule has 116 valence electrons. The molecule has 0 saturated heterocycles. The predicted octanol–water partition coefficient (Wildman–Crippen LogP) is 2.78. The van der Waals surface area contributed by atoms with Crippen LogP contribution in [0.1, 0.15) is 38.8 Å². The third-order valence-electron chi connectivity index (χ3n) is 3.29. The van der Waals surface area contributed by atoms with Gasteiger partial charge in [-0.3, -0.25) is 4.79 Å². The minimum Gasteiger partial charge on any atom is -0.481 e. The van der Waals surface area contributed by atoms with Crippen LogP contribution in [0.3, 0.4) is 0 Å². The largest absolute Gasteiger partial charge is 0.481 e. The van der Waals surface area contributed by atoms with Crippen LogP contribution in [0, 0.1) is 5.82 Å². The molecule has 6 heteroatoms. The second-order valence-electron chi connectivity index (χ2n) is 4.96. The summed E-state index contributed by atoms with van der Waals surface area (Å²) in [5.74, 6) is -1.31. The minimum atomic E-state index is -0.952. The molecule has 1 aromatic rings. The first kappa shape index (κ1) is 16.9. The second-order valence-corrected chi connectivity index (χ2v) is 4.96. The number of benzene rings is 1. The molecule has 0 aliphatic rings. The van der Waals surface area contributed by atoms with Crippen molar-refractivity contribution >= 4 is 12.0 Å². The molecular weight excluding hydrogens is 275 g/mol. The van der Waals surface area contributed by atoms with Crippen LogP contribution in [0.15, 0.2) is 24.3 Å². The molecule has 0 fully saturated rings. The normalized spacial score (nSPS) is 13.3. The van der Waals surface area contributed by atoms with Crippen LogP contribution in [-0.2, 0) is 4.79 Å². The van der Waals surface area contributed by atoms with E-state index in [0.29, 0.717) is 12.1 Å². The molecule has 0 radical (unpaired) electrons. The first-order valence-corrected chi connectivity index (χ1v) is 6.89. The van der Waals surface area contributed by atoms with Crippen LogP contribution in [-0.4, -0.2) is 34.6 Å². The Balaban J connectivity index is 2.71. The van der Waals surface area contributed by atoms with Crippen LogP contribution < -0.4 is 5.32 Å². The first-order chi connectivity index (χ1) is 9.85. The Hall–Kier alpha value is -2.11. The summed E-state index contributed by atoms with van der Waals surface area (Å²) in [6, 6.07) is 4.88. The van der Waals surface area contributed by atoms with E-state index in [1.807, 2.05) is 0 Å². The highest BCUT2D eigenvalue weighted by atomic mass is 19.1. The summed E-state index contributed by atoms with van der Waals surface area (Å²) < 4.78 is 13.2. The van der Waals surface area contributed by atoms with Crippen LogP contribution in [0.25, 0.3) is 0 Å². The van der Waals surface area contributed by atoms with Crippen molar-refractivity contribution in [3.8, 4) is 0 Å². The Morgan fingerprint density at radius 2 is 2.05 bits per heavy atom. The molecule has 0 spiro atoms. The highest BCUT2D eigenvalue weighted by Crippen LogP contribution is 2.14. The second kappa shape index (κ2) is 7.61. The van der Waals surface area contributed by atoms with E-state index in [1.165, 1.54) is 17.0 Å². The third-order valence-corrected chi connectivity index (χ3v) is 3.29. The first-order valence-electron chi connectivity index (χ1n) is 6.89. The molecule has 1 aromatic carbocycles. The van der Waals surface area contributed by atoms with Crippen LogP contribution in [0.2, 0.25) is 0 Å². The standard InChI is InChI=1S/C15H21FN2O3/c1-4-18(10(2)8-14(19)20)15(21)17-11(3)12-6-5-7-13(16)9-12/h5-7,9-11H,4,8H2,1-3H3,(H,17,21)(H,19,20). The fourth-order valence-electron chi connectivity index (χ4n) is 2.15. The molecule has 1 rings (SSSR count). The summed E-state index contributed by atoms with van der Waals surface area (Å²) in [6.45, 7) is 5.62. The Morgan fingerprint density at radius 3 is 2.57 bits per heavy atom. The van der Waals surface area contributed by atoms with Crippen molar-refractivity contribution in [1.29, 1.82) is 0 Å². The molecule has 0 aliphatic carbocycles. The zero-order chi connectivity index (χ0) is 16.0. The number of halogens is 1. The molecule has 0 bridgehead atoms. The van der Waals surface area contributed by atoms with Crippen molar-refractivity contribution in [2.75, 3.05) is 6.54 Å². The number of aliphatic carboxylic acids is 1. The van der Waals surface area contributed by atoms with Crippen LogP contribution in [0.4, 0.5) is 9.18 Å². The molecular formula is C15H21FN2O3. The van der Waals surface area contributed by atoms with Crippen molar-refractivity contribution in [2.24, 2.45) is 0 Å². The van der Waals surface area contributed by atoms with Gasteiger partial charge in [-0.25, -0.2) is 9.18 Å². The van der Waals surface area contributed by atoms with Gasteiger partial charge in [0.25, 0.3) is 0 Å². The average Bonchev–Trinajstić information content (AvgIpc) is 2.38. The van der Waals surface area contributed by atoms with Gasteiger partial charge in [-0.1, -0.05) is 12.1 Å². The number of hydrogen-bond acceptors (Lipinski definition) is 2. The van der Waals surface area contributed by atoms with Crippen molar-refractivity contribution in [1.82, 2.24) is 10.2 Å². The number of carboxylic acids is 1. The lowest BCUT2D eigenvalue weighted by atomic mass is 10.1. The van der Waals surface area contributed by atoms with E-state index in [1.54, 1.807) is 32.9 Å². The van der Waals surface area contributed by atoms with Crippen LogP contribution >= 0.6 is 0 Å². The molecule has 2 amide bonds. The van der Waals surface area contributed by atoms with Gasteiger partial charge in [0.05, 0.1) is 12.5 Å². The van der Waals surface area contributed by atoms with E-state index in [2.05, 4.69) is 5.32 Å². The Labute approximate surface area is 123 Å². The van der Waals surface area contributed by atoms with Gasteiger partial charge in [-0.15, -0.1) is 0 Å². The Kier molecular flexibility index (Phi) is 6.14. The summed E-state index contributed by atoms with van der Waals surface area (Å²) in [6.07, 6.45) is -0.115. The fourth-order valence-corrected chi connectivity index (χ4v) is 2.15. The lowest BCUT2D eigenvalue weighted by Crippen LogP contribution is -2.46. The smallest absolute Gasteiger partial charge is 0.318 e. The number of rotatable bonds is 6. The molecule has 5 nitrogen and oxygen atoms in total. The SMILES string of the molecule is CCN(C(=O)NC(C)c1cccc(F)c1)C(C)CC(=O)O. The maximum Gasteiger partial charge on any atom is 0.318 e. The highest BCUT2D eigenvalue weighted by molar-refractivity contribution is 5.76. The lowest BCUT2D eigenvalue weighted by Gasteiger charge is -2.29. The Morgan fingerprint density at radius 1 is 1.38 bits per heavy atom. The van der Waals surface area contributed by atoms with E-state index in [9.17, 15) is 14.0 Å². The topological polar surface area (TPSA) is 69.6 Å². The Bertz CT molecular complexity index is 507. The summed E-state index contributed by atoms with van der Waals surface area (Å²) in [5.41, 5.74) is 0.658. The number of nitrogens with one attached hydrogen (secondary N) is 1. The van der Waals surface area contributed by atoms with Crippen molar-refractivity contribution in [3.05, 3.63) is 35.6 Å². The van der Waals surface area contributed by atoms with E-state index in [0.717, 1.165) is 0 Å².